The van der Waals surface area contributed by atoms with Crippen LogP contribution in [-0.2, 0) is 28.6 Å². The molecule has 0 rings (SSSR count). The fraction of sp³-hybridized carbons (Fsp3) is 0.708. The number of carbonyl (C=O) groups is 3. The number of rotatable bonds is 59. The van der Waals surface area contributed by atoms with Crippen LogP contribution in [0.1, 0.15) is 310 Å². The third kappa shape index (κ3) is 62.9. The molecular weight excluding hydrogens is 961 g/mol. The van der Waals surface area contributed by atoms with Gasteiger partial charge >= 0.3 is 17.9 Å². The first kappa shape index (κ1) is 74.1. The van der Waals surface area contributed by atoms with Crippen molar-refractivity contribution >= 4 is 17.9 Å². The highest BCUT2D eigenvalue weighted by Gasteiger charge is 2.19. The monoisotopic (exact) mass is 1080 g/mol. The maximum Gasteiger partial charge on any atom is 0.306 e. The minimum atomic E-state index is -0.790. The van der Waals surface area contributed by atoms with E-state index in [4.69, 9.17) is 14.2 Å². The summed E-state index contributed by atoms with van der Waals surface area (Å²) in [5.74, 6) is -0.907. The van der Waals surface area contributed by atoms with Gasteiger partial charge in [-0.1, -0.05) is 291 Å². The van der Waals surface area contributed by atoms with Crippen LogP contribution in [0.2, 0.25) is 0 Å². The fourth-order valence-electron chi connectivity index (χ4n) is 9.10. The van der Waals surface area contributed by atoms with E-state index in [1.54, 1.807) is 0 Å². The number of hydrogen-bond donors (Lipinski definition) is 0. The fourth-order valence-corrected chi connectivity index (χ4v) is 9.10. The minimum Gasteiger partial charge on any atom is -0.462 e. The molecule has 0 aromatic heterocycles. The van der Waals surface area contributed by atoms with Crippen molar-refractivity contribution in [3.05, 3.63) is 109 Å². The third-order valence-corrected chi connectivity index (χ3v) is 14.0. The standard InChI is InChI=1S/C72H122O6/c1-4-7-10-13-16-19-22-24-26-28-30-32-33-34-35-36-37-38-39-41-42-44-46-48-50-53-56-59-62-65-71(74)77-68-69(67-76-70(73)64-61-58-55-52-21-18-15-12-9-6-3)78-72(75)66-63-60-57-54-51-49-47-45-43-40-31-29-27-25-23-20-17-14-11-8-5-2/h7,10,16,19,24,26,29-32,34-35,37-38,41-42,46,48,69H,4-6,8-9,11-15,17-18,20-23,25,27-28,33,36,39-40,43-45,47,49-68H2,1-3H3/b10-7-,19-16-,26-24-,31-29-,32-30-,35-34-,38-37-,42-41-,48-46-. The Hall–Kier alpha value is -3.93. The van der Waals surface area contributed by atoms with Gasteiger partial charge in [-0.05, 0) is 109 Å². The second-order valence-corrected chi connectivity index (χ2v) is 21.6. The largest absolute Gasteiger partial charge is 0.462 e. The number of unbranched alkanes of at least 4 members (excludes halogenated alkanes) is 30. The SMILES string of the molecule is CC/C=C\C/C=C\C/C=C\C/C=C\C/C=C\C/C=C\C/C=C\C/C=C\CCCCCCC(=O)OCC(COC(=O)CCCCCCCCCCCC)OC(=O)CCCCCCCCCCC/C=C\CCCCCCCCCC. The van der Waals surface area contributed by atoms with Crippen LogP contribution in [0.5, 0.6) is 0 Å². The zero-order valence-electron chi connectivity index (χ0n) is 51.2. The Labute approximate surface area is 482 Å². The summed E-state index contributed by atoms with van der Waals surface area (Å²) in [4.78, 5) is 38.2. The van der Waals surface area contributed by atoms with Crippen LogP contribution < -0.4 is 0 Å². The van der Waals surface area contributed by atoms with E-state index in [-0.39, 0.29) is 31.1 Å². The van der Waals surface area contributed by atoms with Crippen molar-refractivity contribution in [2.24, 2.45) is 0 Å². The number of hydrogen-bond acceptors (Lipinski definition) is 6. The van der Waals surface area contributed by atoms with Crippen LogP contribution in [0.3, 0.4) is 0 Å². The summed E-state index contributed by atoms with van der Waals surface area (Å²) in [6, 6.07) is 0. The lowest BCUT2D eigenvalue weighted by atomic mass is 10.1. The lowest BCUT2D eigenvalue weighted by molar-refractivity contribution is -0.167. The average molecular weight is 1080 g/mol. The molecule has 0 saturated carbocycles. The summed E-state index contributed by atoms with van der Waals surface area (Å²) in [5, 5.41) is 0. The number of ether oxygens (including phenoxy) is 3. The Kier molecular flexibility index (Phi) is 62.3. The van der Waals surface area contributed by atoms with Crippen LogP contribution in [-0.4, -0.2) is 37.2 Å². The molecule has 0 aliphatic rings. The third-order valence-electron chi connectivity index (χ3n) is 14.0. The first-order chi connectivity index (χ1) is 38.5. The molecule has 1 atom stereocenters. The minimum absolute atomic E-state index is 0.0853. The Morgan fingerprint density at radius 1 is 0.269 bits per heavy atom. The topological polar surface area (TPSA) is 78.9 Å². The lowest BCUT2D eigenvalue weighted by Gasteiger charge is -2.18. The molecule has 6 nitrogen and oxygen atoms in total. The van der Waals surface area contributed by atoms with Gasteiger partial charge in [-0.25, -0.2) is 0 Å². The molecule has 0 aromatic rings. The highest BCUT2D eigenvalue weighted by molar-refractivity contribution is 5.71. The van der Waals surface area contributed by atoms with E-state index < -0.39 is 6.10 Å². The predicted molar refractivity (Wildman–Crippen MR) is 339 cm³/mol. The number of allylic oxidation sites excluding steroid dienone is 18. The van der Waals surface area contributed by atoms with Gasteiger partial charge in [0.1, 0.15) is 13.2 Å². The molecule has 0 aromatic carbocycles. The normalized spacial score (nSPS) is 12.8. The van der Waals surface area contributed by atoms with Crippen molar-refractivity contribution in [2.75, 3.05) is 13.2 Å². The molecule has 0 bridgehead atoms. The molecule has 0 fully saturated rings. The van der Waals surface area contributed by atoms with Crippen molar-refractivity contribution < 1.29 is 28.6 Å². The van der Waals surface area contributed by atoms with Gasteiger partial charge < -0.3 is 14.2 Å². The maximum atomic E-state index is 12.9. The smallest absolute Gasteiger partial charge is 0.306 e. The summed E-state index contributed by atoms with van der Waals surface area (Å²) < 4.78 is 16.9. The Bertz CT molecular complexity index is 1570. The van der Waals surface area contributed by atoms with Gasteiger partial charge in [0.05, 0.1) is 0 Å². The number of carbonyl (C=O) groups excluding carboxylic acids is 3. The highest BCUT2D eigenvalue weighted by Crippen LogP contribution is 2.16. The molecule has 0 spiro atoms. The Morgan fingerprint density at radius 3 is 0.795 bits per heavy atom. The summed E-state index contributed by atoms with van der Waals surface area (Å²) in [7, 11) is 0. The predicted octanol–water partition coefficient (Wildman–Crippen LogP) is 22.6. The molecule has 78 heavy (non-hydrogen) atoms. The van der Waals surface area contributed by atoms with Gasteiger partial charge in [-0.15, -0.1) is 0 Å². The molecule has 0 N–H and O–H groups in total. The van der Waals surface area contributed by atoms with Crippen LogP contribution >= 0.6 is 0 Å². The van der Waals surface area contributed by atoms with E-state index in [1.165, 1.54) is 148 Å². The first-order valence-electron chi connectivity index (χ1n) is 32.9. The van der Waals surface area contributed by atoms with Gasteiger partial charge in [0.15, 0.2) is 6.10 Å². The second kappa shape index (κ2) is 65.6. The number of esters is 3. The van der Waals surface area contributed by atoms with E-state index in [1.807, 2.05) is 0 Å². The Balaban J connectivity index is 4.31. The molecular formula is C72H122O6. The van der Waals surface area contributed by atoms with Crippen molar-refractivity contribution in [2.45, 2.75) is 316 Å². The summed E-state index contributed by atoms with van der Waals surface area (Å²) in [5.41, 5.74) is 0. The van der Waals surface area contributed by atoms with Crippen molar-refractivity contribution in [3.8, 4) is 0 Å². The van der Waals surface area contributed by atoms with Gasteiger partial charge in [-0.3, -0.25) is 14.4 Å². The molecule has 0 radical (unpaired) electrons. The van der Waals surface area contributed by atoms with E-state index >= 15 is 0 Å². The zero-order chi connectivity index (χ0) is 56.4. The van der Waals surface area contributed by atoms with E-state index in [0.717, 1.165) is 122 Å². The molecule has 0 heterocycles. The summed E-state index contributed by atoms with van der Waals surface area (Å²) in [6.45, 7) is 6.51. The average Bonchev–Trinajstić information content (AvgIpc) is 3.44. The second-order valence-electron chi connectivity index (χ2n) is 21.6. The van der Waals surface area contributed by atoms with E-state index in [9.17, 15) is 14.4 Å². The molecule has 0 amide bonds. The highest BCUT2D eigenvalue weighted by atomic mass is 16.6. The molecule has 6 heteroatoms. The van der Waals surface area contributed by atoms with Gasteiger partial charge in [-0.2, -0.15) is 0 Å². The van der Waals surface area contributed by atoms with Gasteiger partial charge in [0, 0.05) is 19.3 Å². The van der Waals surface area contributed by atoms with E-state index in [0.29, 0.717) is 19.3 Å². The van der Waals surface area contributed by atoms with E-state index in [2.05, 4.69) is 130 Å². The summed E-state index contributed by atoms with van der Waals surface area (Å²) >= 11 is 0. The molecule has 0 saturated heterocycles. The van der Waals surface area contributed by atoms with Crippen LogP contribution in [0.15, 0.2) is 109 Å². The summed E-state index contributed by atoms with van der Waals surface area (Å²) in [6.07, 6.45) is 89.6. The molecule has 0 aliphatic carbocycles. The zero-order valence-corrected chi connectivity index (χ0v) is 51.2. The molecule has 1 unspecified atom stereocenters. The van der Waals surface area contributed by atoms with Crippen molar-refractivity contribution in [1.82, 2.24) is 0 Å². The molecule has 0 aliphatic heterocycles. The van der Waals surface area contributed by atoms with Crippen molar-refractivity contribution in [3.63, 3.8) is 0 Å². The molecule has 446 valence electrons. The van der Waals surface area contributed by atoms with Gasteiger partial charge in [0.25, 0.3) is 0 Å². The quantitative estimate of drug-likeness (QED) is 0.0261. The first-order valence-corrected chi connectivity index (χ1v) is 32.9. The van der Waals surface area contributed by atoms with Crippen LogP contribution in [0.4, 0.5) is 0 Å². The van der Waals surface area contributed by atoms with Crippen LogP contribution in [0.25, 0.3) is 0 Å². The van der Waals surface area contributed by atoms with Gasteiger partial charge in [0.2, 0.25) is 0 Å². The lowest BCUT2D eigenvalue weighted by Crippen LogP contribution is -2.30. The maximum absolute atomic E-state index is 12.9. The van der Waals surface area contributed by atoms with Crippen molar-refractivity contribution in [1.29, 1.82) is 0 Å². The van der Waals surface area contributed by atoms with Crippen LogP contribution in [0, 0.1) is 0 Å². The Morgan fingerprint density at radius 2 is 0.500 bits per heavy atom.